The maximum atomic E-state index is 11.9. The normalized spacial score (nSPS) is 19.0. The number of morpholine rings is 1. The number of rotatable bonds is 5. The van der Waals surface area contributed by atoms with E-state index in [4.69, 9.17) is 4.74 Å². The highest BCUT2D eigenvalue weighted by Crippen LogP contribution is 2.11. The molecule has 2 heterocycles. The molecule has 1 amide bonds. The number of hydrogen-bond donors (Lipinski definition) is 1. The van der Waals surface area contributed by atoms with Crippen molar-refractivity contribution in [2.75, 3.05) is 26.2 Å². The maximum absolute atomic E-state index is 11.9. The van der Waals surface area contributed by atoms with Gasteiger partial charge in [0.05, 0.1) is 12.7 Å². The Morgan fingerprint density at radius 1 is 1.32 bits per heavy atom. The highest BCUT2D eigenvalue weighted by Gasteiger charge is 2.21. The SMILES string of the molecule is O=C(NCC1CN(Cc2ccccc2)CCO1)c1ccsc1. The molecule has 1 fully saturated rings. The third-order valence-corrected chi connectivity index (χ3v) is 4.43. The summed E-state index contributed by atoms with van der Waals surface area (Å²) in [4.78, 5) is 14.3. The third-order valence-electron chi connectivity index (χ3n) is 3.75. The summed E-state index contributed by atoms with van der Waals surface area (Å²) in [6, 6.07) is 12.3. The molecule has 0 bridgehead atoms. The number of hydrogen-bond acceptors (Lipinski definition) is 4. The van der Waals surface area contributed by atoms with Crippen molar-refractivity contribution in [3.05, 3.63) is 58.3 Å². The van der Waals surface area contributed by atoms with Crippen LogP contribution in [0.4, 0.5) is 0 Å². The standard InChI is InChI=1S/C17H20N2O2S/c20-17(15-6-9-22-13-15)18-10-16-12-19(7-8-21-16)11-14-4-2-1-3-5-14/h1-6,9,13,16H,7-8,10-12H2,(H,18,20). The van der Waals surface area contributed by atoms with Crippen molar-refractivity contribution in [3.63, 3.8) is 0 Å². The number of benzene rings is 1. The number of carbonyl (C=O) groups excluding carboxylic acids is 1. The van der Waals surface area contributed by atoms with Gasteiger partial charge < -0.3 is 10.1 Å². The van der Waals surface area contributed by atoms with Crippen LogP contribution in [0.2, 0.25) is 0 Å². The quantitative estimate of drug-likeness (QED) is 0.921. The monoisotopic (exact) mass is 316 g/mol. The summed E-state index contributed by atoms with van der Waals surface area (Å²) in [6.45, 7) is 3.98. The minimum absolute atomic E-state index is 0.0231. The van der Waals surface area contributed by atoms with Crippen LogP contribution < -0.4 is 5.32 Å². The molecular weight excluding hydrogens is 296 g/mol. The zero-order valence-electron chi connectivity index (χ0n) is 12.4. The Bertz CT molecular complexity index is 586. The van der Waals surface area contributed by atoms with Crippen molar-refractivity contribution in [2.24, 2.45) is 0 Å². The van der Waals surface area contributed by atoms with Crippen molar-refractivity contribution in [2.45, 2.75) is 12.6 Å². The van der Waals surface area contributed by atoms with Gasteiger partial charge in [0, 0.05) is 37.1 Å². The number of carbonyl (C=O) groups is 1. The van der Waals surface area contributed by atoms with Gasteiger partial charge in [0.1, 0.15) is 0 Å². The molecule has 1 aromatic heterocycles. The largest absolute Gasteiger partial charge is 0.374 e. The summed E-state index contributed by atoms with van der Waals surface area (Å²) in [6.07, 6.45) is 0.0556. The molecule has 4 nitrogen and oxygen atoms in total. The van der Waals surface area contributed by atoms with Gasteiger partial charge in [-0.05, 0) is 17.0 Å². The Hall–Kier alpha value is -1.69. The van der Waals surface area contributed by atoms with Crippen molar-refractivity contribution >= 4 is 17.2 Å². The van der Waals surface area contributed by atoms with E-state index in [9.17, 15) is 4.79 Å². The molecule has 0 radical (unpaired) electrons. The van der Waals surface area contributed by atoms with Crippen molar-refractivity contribution in [1.29, 1.82) is 0 Å². The van der Waals surface area contributed by atoms with E-state index in [-0.39, 0.29) is 12.0 Å². The Kier molecular flexibility index (Phi) is 5.21. The van der Waals surface area contributed by atoms with E-state index in [2.05, 4.69) is 34.5 Å². The van der Waals surface area contributed by atoms with Crippen LogP contribution in [0.15, 0.2) is 47.2 Å². The molecular formula is C17H20N2O2S. The third kappa shape index (κ3) is 4.16. The summed E-state index contributed by atoms with van der Waals surface area (Å²) in [5.74, 6) is -0.0231. The second-order valence-electron chi connectivity index (χ2n) is 5.44. The van der Waals surface area contributed by atoms with Crippen molar-refractivity contribution in [1.82, 2.24) is 10.2 Å². The van der Waals surface area contributed by atoms with E-state index in [0.717, 1.165) is 25.2 Å². The Morgan fingerprint density at radius 2 is 2.18 bits per heavy atom. The van der Waals surface area contributed by atoms with E-state index < -0.39 is 0 Å². The van der Waals surface area contributed by atoms with E-state index in [1.165, 1.54) is 16.9 Å². The molecule has 3 rings (SSSR count). The molecule has 0 aliphatic carbocycles. The smallest absolute Gasteiger partial charge is 0.252 e. The van der Waals surface area contributed by atoms with Gasteiger partial charge >= 0.3 is 0 Å². The average Bonchev–Trinajstić information content (AvgIpc) is 3.08. The lowest BCUT2D eigenvalue weighted by molar-refractivity contribution is -0.0292. The average molecular weight is 316 g/mol. The zero-order valence-corrected chi connectivity index (χ0v) is 13.2. The Balaban J connectivity index is 1.47. The van der Waals surface area contributed by atoms with Crippen LogP contribution in [0.1, 0.15) is 15.9 Å². The predicted octanol–water partition coefficient (Wildman–Crippen LogP) is 2.38. The van der Waals surface area contributed by atoms with Gasteiger partial charge in [-0.25, -0.2) is 0 Å². The number of ether oxygens (including phenoxy) is 1. The molecule has 1 aliphatic heterocycles. The van der Waals surface area contributed by atoms with Crippen LogP contribution in [0, 0.1) is 0 Å². The zero-order chi connectivity index (χ0) is 15.2. The van der Waals surface area contributed by atoms with E-state index in [0.29, 0.717) is 13.2 Å². The predicted molar refractivity (Wildman–Crippen MR) is 88.1 cm³/mol. The van der Waals surface area contributed by atoms with Crippen LogP contribution in [0.5, 0.6) is 0 Å². The van der Waals surface area contributed by atoms with Gasteiger partial charge in [-0.2, -0.15) is 11.3 Å². The molecule has 22 heavy (non-hydrogen) atoms. The minimum atomic E-state index is -0.0231. The first-order valence-corrected chi connectivity index (χ1v) is 8.44. The first-order valence-electron chi connectivity index (χ1n) is 7.49. The fraction of sp³-hybridized carbons (Fsp3) is 0.353. The molecule has 116 valence electrons. The maximum Gasteiger partial charge on any atom is 0.252 e. The summed E-state index contributed by atoms with van der Waals surface area (Å²) in [5.41, 5.74) is 2.03. The lowest BCUT2D eigenvalue weighted by Gasteiger charge is -2.33. The molecule has 1 N–H and O–H groups in total. The van der Waals surface area contributed by atoms with Gasteiger partial charge in [0.25, 0.3) is 5.91 Å². The first-order chi connectivity index (χ1) is 10.8. The van der Waals surface area contributed by atoms with Gasteiger partial charge in [0.15, 0.2) is 0 Å². The topological polar surface area (TPSA) is 41.6 Å². The summed E-state index contributed by atoms with van der Waals surface area (Å²) in [5, 5.41) is 6.73. The molecule has 1 atom stereocenters. The fourth-order valence-corrected chi connectivity index (χ4v) is 3.23. The molecule has 1 saturated heterocycles. The lowest BCUT2D eigenvalue weighted by atomic mass is 10.2. The van der Waals surface area contributed by atoms with E-state index in [1.807, 2.05) is 22.9 Å². The van der Waals surface area contributed by atoms with E-state index in [1.54, 1.807) is 0 Å². The van der Waals surface area contributed by atoms with Crippen LogP contribution >= 0.6 is 11.3 Å². The van der Waals surface area contributed by atoms with Gasteiger partial charge in [-0.1, -0.05) is 30.3 Å². The van der Waals surface area contributed by atoms with Crippen LogP contribution in [0.3, 0.4) is 0 Å². The second-order valence-corrected chi connectivity index (χ2v) is 6.22. The molecule has 1 aromatic carbocycles. The number of nitrogens with one attached hydrogen (secondary N) is 1. The van der Waals surface area contributed by atoms with Gasteiger partial charge in [-0.3, -0.25) is 9.69 Å². The van der Waals surface area contributed by atoms with E-state index >= 15 is 0 Å². The fourth-order valence-electron chi connectivity index (χ4n) is 2.59. The Labute approximate surface area is 134 Å². The van der Waals surface area contributed by atoms with Crippen molar-refractivity contribution < 1.29 is 9.53 Å². The summed E-state index contributed by atoms with van der Waals surface area (Å²) in [7, 11) is 0. The molecule has 0 spiro atoms. The van der Waals surface area contributed by atoms with Crippen LogP contribution in [-0.2, 0) is 11.3 Å². The first kappa shape index (κ1) is 15.2. The molecule has 2 aromatic rings. The second kappa shape index (κ2) is 7.54. The van der Waals surface area contributed by atoms with Gasteiger partial charge in [-0.15, -0.1) is 0 Å². The molecule has 1 unspecified atom stereocenters. The molecule has 0 saturated carbocycles. The number of amides is 1. The molecule has 5 heteroatoms. The molecule has 1 aliphatic rings. The van der Waals surface area contributed by atoms with Crippen molar-refractivity contribution in [3.8, 4) is 0 Å². The Morgan fingerprint density at radius 3 is 2.95 bits per heavy atom. The highest BCUT2D eigenvalue weighted by atomic mass is 32.1. The van der Waals surface area contributed by atoms with Gasteiger partial charge in [0.2, 0.25) is 0 Å². The van der Waals surface area contributed by atoms with Crippen LogP contribution in [-0.4, -0.2) is 43.2 Å². The number of nitrogens with zero attached hydrogens (tertiary/aromatic N) is 1. The van der Waals surface area contributed by atoms with Crippen LogP contribution in [0.25, 0.3) is 0 Å². The highest BCUT2D eigenvalue weighted by molar-refractivity contribution is 7.08. The number of thiophene rings is 1. The lowest BCUT2D eigenvalue weighted by Crippen LogP contribution is -2.47. The minimum Gasteiger partial charge on any atom is -0.374 e. The summed E-state index contributed by atoms with van der Waals surface area (Å²) < 4.78 is 5.76. The summed E-state index contributed by atoms with van der Waals surface area (Å²) >= 11 is 1.53.